The van der Waals surface area contributed by atoms with E-state index < -0.39 is 0 Å². The lowest BCUT2D eigenvalue weighted by Gasteiger charge is -2.21. The molecule has 0 saturated heterocycles. The van der Waals surface area contributed by atoms with Gasteiger partial charge in [0.2, 0.25) is 0 Å². The number of carbonyl (C=O) groups excluding carboxylic acids is 1. The molecule has 0 aliphatic heterocycles. The van der Waals surface area contributed by atoms with E-state index in [1.54, 1.807) is 14.0 Å². The van der Waals surface area contributed by atoms with Crippen LogP contribution in [0.2, 0.25) is 0 Å². The number of rotatable bonds is 9. The summed E-state index contributed by atoms with van der Waals surface area (Å²) in [6.45, 7) is 4.66. The highest BCUT2D eigenvalue weighted by Gasteiger charge is 2.27. The Morgan fingerprint density at radius 3 is 2.60 bits per heavy atom. The average molecular weight is 213 g/mol. The lowest BCUT2D eigenvalue weighted by atomic mass is 10.2. The molecule has 3 heteroatoms. The maximum Gasteiger partial charge on any atom is 0.129 e. The van der Waals surface area contributed by atoms with E-state index in [4.69, 9.17) is 4.74 Å². The highest BCUT2D eigenvalue weighted by Crippen LogP contribution is 2.26. The summed E-state index contributed by atoms with van der Waals surface area (Å²) in [7, 11) is 1.75. The number of hydrogen-bond acceptors (Lipinski definition) is 3. The van der Waals surface area contributed by atoms with Crippen LogP contribution >= 0.6 is 0 Å². The molecular weight excluding hydrogens is 190 g/mol. The fraction of sp³-hybridized carbons (Fsp3) is 0.917. The monoisotopic (exact) mass is 213 g/mol. The number of carbonyl (C=O) groups is 1. The van der Waals surface area contributed by atoms with E-state index >= 15 is 0 Å². The van der Waals surface area contributed by atoms with Crippen molar-refractivity contribution in [2.75, 3.05) is 26.8 Å². The van der Waals surface area contributed by atoms with Gasteiger partial charge in [-0.15, -0.1) is 0 Å². The third-order valence-electron chi connectivity index (χ3n) is 2.87. The maximum absolute atomic E-state index is 10.8. The van der Waals surface area contributed by atoms with Gasteiger partial charge in [0.1, 0.15) is 5.78 Å². The molecular formula is C12H23NO2. The second-order valence-corrected chi connectivity index (χ2v) is 4.42. The highest BCUT2D eigenvalue weighted by molar-refractivity contribution is 5.75. The molecule has 0 aromatic carbocycles. The lowest BCUT2D eigenvalue weighted by molar-refractivity contribution is -0.117. The van der Waals surface area contributed by atoms with Gasteiger partial charge in [0.05, 0.1) is 6.61 Å². The smallest absolute Gasteiger partial charge is 0.129 e. The predicted molar refractivity (Wildman–Crippen MR) is 61.0 cm³/mol. The van der Waals surface area contributed by atoms with E-state index in [0.717, 1.165) is 45.0 Å². The molecule has 0 amide bonds. The van der Waals surface area contributed by atoms with Gasteiger partial charge in [-0.2, -0.15) is 0 Å². The molecule has 0 aromatic rings. The molecule has 15 heavy (non-hydrogen) atoms. The minimum absolute atomic E-state index is 0.310. The van der Waals surface area contributed by atoms with Crippen LogP contribution in [0.4, 0.5) is 0 Å². The number of Topliss-reactive ketones (excluding diaryl/α,β-unsaturated/α-hetero) is 1. The largest absolute Gasteiger partial charge is 0.383 e. The van der Waals surface area contributed by atoms with E-state index in [2.05, 4.69) is 4.90 Å². The van der Waals surface area contributed by atoms with Crippen molar-refractivity contribution in [1.29, 1.82) is 0 Å². The number of nitrogens with zero attached hydrogens (tertiary/aromatic N) is 1. The molecule has 1 rings (SSSR count). The molecule has 0 unspecified atom stereocenters. The van der Waals surface area contributed by atoms with Crippen molar-refractivity contribution < 1.29 is 9.53 Å². The predicted octanol–water partition coefficient (Wildman–Crippen LogP) is 1.86. The van der Waals surface area contributed by atoms with Crippen molar-refractivity contribution in [2.45, 2.75) is 45.1 Å². The van der Waals surface area contributed by atoms with E-state index in [-0.39, 0.29) is 0 Å². The molecule has 0 aromatic heterocycles. The maximum atomic E-state index is 10.8. The molecule has 0 atom stereocenters. The molecule has 0 bridgehead atoms. The zero-order valence-corrected chi connectivity index (χ0v) is 10.00. The van der Waals surface area contributed by atoms with Gasteiger partial charge >= 0.3 is 0 Å². The number of hydrogen-bond donors (Lipinski definition) is 0. The van der Waals surface area contributed by atoms with Crippen molar-refractivity contribution in [1.82, 2.24) is 4.90 Å². The van der Waals surface area contributed by atoms with Crippen LogP contribution < -0.4 is 0 Å². The Bertz CT molecular complexity index is 190. The normalized spacial score (nSPS) is 15.9. The Morgan fingerprint density at radius 2 is 2.07 bits per heavy atom. The first kappa shape index (κ1) is 12.7. The van der Waals surface area contributed by atoms with Crippen LogP contribution in [0.5, 0.6) is 0 Å². The first-order valence-corrected chi connectivity index (χ1v) is 5.96. The van der Waals surface area contributed by atoms with Gasteiger partial charge in [0, 0.05) is 26.1 Å². The third kappa shape index (κ3) is 5.90. The fourth-order valence-corrected chi connectivity index (χ4v) is 1.81. The molecule has 1 aliphatic rings. The summed E-state index contributed by atoms with van der Waals surface area (Å²) in [5.41, 5.74) is 0. The van der Waals surface area contributed by atoms with E-state index in [9.17, 15) is 4.79 Å². The molecule has 0 spiro atoms. The van der Waals surface area contributed by atoms with Crippen LogP contribution in [0.3, 0.4) is 0 Å². The molecule has 0 radical (unpaired) electrons. The van der Waals surface area contributed by atoms with Crippen LogP contribution in [0.25, 0.3) is 0 Å². The Balaban J connectivity index is 2.06. The molecule has 0 heterocycles. The van der Waals surface area contributed by atoms with Crippen molar-refractivity contribution in [3.63, 3.8) is 0 Å². The minimum Gasteiger partial charge on any atom is -0.383 e. The Hall–Kier alpha value is -0.410. The summed E-state index contributed by atoms with van der Waals surface area (Å²) in [5.74, 6) is 0.310. The minimum atomic E-state index is 0.310. The number of methoxy groups -OCH3 is 1. The topological polar surface area (TPSA) is 29.5 Å². The van der Waals surface area contributed by atoms with Crippen LogP contribution in [-0.2, 0) is 9.53 Å². The first-order chi connectivity index (χ1) is 7.24. The lowest BCUT2D eigenvalue weighted by Crippen LogP contribution is -2.30. The second-order valence-electron chi connectivity index (χ2n) is 4.42. The van der Waals surface area contributed by atoms with Crippen molar-refractivity contribution >= 4 is 5.78 Å². The first-order valence-electron chi connectivity index (χ1n) is 5.96. The SMILES string of the molecule is COCCN(CCCCC(C)=O)C1CC1. The summed E-state index contributed by atoms with van der Waals surface area (Å²) in [5, 5.41) is 0. The summed E-state index contributed by atoms with van der Waals surface area (Å²) in [6, 6.07) is 0.803. The number of ether oxygens (including phenoxy) is 1. The van der Waals surface area contributed by atoms with Gasteiger partial charge in [-0.25, -0.2) is 0 Å². The highest BCUT2D eigenvalue weighted by atomic mass is 16.5. The quantitative estimate of drug-likeness (QED) is 0.547. The fourth-order valence-electron chi connectivity index (χ4n) is 1.81. The third-order valence-corrected chi connectivity index (χ3v) is 2.87. The van der Waals surface area contributed by atoms with Crippen LogP contribution in [0.1, 0.15) is 39.0 Å². The molecule has 1 saturated carbocycles. The van der Waals surface area contributed by atoms with Crippen LogP contribution in [0.15, 0.2) is 0 Å². The average Bonchev–Trinajstić information content (AvgIpc) is 3.00. The van der Waals surface area contributed by atoms with Gasteiger partial charge < -0.3 is 9.53 Å². The molecule has 1 aliphatic carbocycles. The van der Waals surface area contributed by atoms with E-state index in [0.29, 0.717) is 5.78 Å². The van der Waals surface area contributed by atoms with Crippen LogP contribution in [-0.4, -0.2) is 43.5 Å². The van der Waals surface area contributed by atoms with Gasteiger partial charge in [0.25, 0.3) is 0 Å². The standard InChI is InChI=1S/C12H23NO2/c1-11(14)5-3-4-8-13(9-10-15-2)12-6-7-12/h12H,3-10H2,1-2H3. The Morgan fingerprint density at radius 1 is 1.33 bits per heavy atom. The molecule has 88 valence electrons. The van der Waals surface area contributed by atoms with E-state index in [1.807, 2.05) is 0 Å². The Labute approximate surface area is 92.8 Å². The number of ketones is 1. The van der Waals surface area contributed by atoms with Crippen molar-refractivity contribution in [3.8, 4) is 0 Å². The van der Waals surface area contributed by atoms with Gasteiger partial charge in [-0.05, 0) is 39.2 Å². The summed E-state index contributed by atoms with van der Waals surface area (Å²) < 4.78 is 5.10. The zero-order chi connectivity index (χ0) is 11.1. The number of unbranched alkanes of at least 4 members (excludes halogenated alkanes) is 1. The summed E-state index contributed by atoms with van der Waals surface area (Å²) in [6.07, 6.45) is 5.60. The second kappa shape index (κ2) is 6.96. The van der Waals surface area contributed by atoms with Gasteiger partial charge in [-0.1, -0.05) is 0 Å². The molecule has 1 fully saturated rings. The summed E-state index contributed by atoms with van der Waals surface area (Å²) in [4.78, 5) is 13.3. The Kier molecular flexibility index (Phi) is 5.88. The van der Waals surface area contributed by atoms with Gasteiger partial charge in [0.15, 0.2) is 0 Å². The van der Waals surface area contributed by atoms with Crippen molar-refractivity contribution in [3.05, 3.63) is 0 Å². The summed E-state index contributed by atoms with van der Waals surface area (Å²) >= 11 is 0. The zero-order valence-electron chi connectivity index (χ0n) is 10.00. The molecule has 0 N–H and O–H groups in total. The molecule has 3 nitrogen and oxygen atoms in total. The van der Waals surface area contributed by atoms with Crippen LogP contribution in [0, 0.1) is 0 Å². The van der Waals surface area contributed by atoms with E-state index in [1.165, 1.54) is 12.8 Å². The van der Waals surface area contributed by atoms with Crippen molar-refractivity contribution in [2.24, 2.45) is 0 Å². The van der Waals surface area contributed by atoms with Gasteiger partial charge in [-0.3, -0.25) is 4.90 Å².